The predicted octanol–water partition coefficient (Wildman–Crippen LogP) is 2.23. The number of benzene rings is 2. The van der Waals surface area contributed by atoms with E-state index in [1.807, 2.05) is 6.07 Å². The number of hydrogen-bond acceptors (Lipinski definition) is 7. The highest BCUT2D eigenvalue weighted by molar-refractivity contribution is 6.01. The number of amides is 1. The molecule has 3 aliphatic heterocycles. The third kappa shape index (κ3) is 2.32. The zero-order valence-electron chi connectivity index (χ0n) is 16.4. The van der Waals surface area contributed by atoms with E-state index in [9.17, 15) is 9.90 Å². The first-order valence-corrected chi connectivity index (χ1v) is 9.34. The van der Waals surface area contributed by atoms with Crippen LogP contribution in [0.25, 0.3) is 0 Å². The molecular weight excluding hydrogens is 378 g/mol. The molecule has 0 bridgehead atoms. The maximum Gasteiger partial charge on any atom is 0.258 e. The second kappa shape index (κ2) is 6.45. The molecule has 0 saturated heterocycles. The second-order valence-electron chi connectivity index (χ2n) is 7.12. The van der Waals surface area contributed by atoms with Crippen molar-refractivity contribution in [3.05, 3.63) is 40.5 Å². The standard InChI is InChI=1S/C21H21NO7/c1-25-12-5-4-11-15(18(12)26-2)21(24)22-7-6-10-8-13-19(29-9-28-13)20(27-3)14(10)16(22)17(11)23/h4-5,8,16-17,23H,6-7,9H2,1-3H3/t16-,17+/m0/s1. The van der Waals surface area contributed by atoms with Crippen molar-refractivity contribution in [2.75, 3.05) is 34.7 Å². The predicted molar refractivity (Wildman–Crippen MR) is 101 cm³/mol. The van der Waals surface area contributed by atoms with Crippen molar-refractivity contribution in [1.82, 2.24) is 4.90 Å². The molecule has 8 nitrogen and oxygen atoms in total. The van der Waals surface area contributed by atoms with Gasteiger partial charge in [-0.15, -0.1) is 0 Å². The van der Waals surface area contributed by atoms with Gasteiger partial charge in [0.05, 0.1) is 32.9 Å². The Morgan fingerprint density at radius 3 is 2.62 bits per heavy atom. The molecule has 2 aromatic rings. The SMILES string of the molecule is COc1ccc2c(c1OC)C(=O)N1CCc3cc4c(c(OC)c3[C@H]1[C@@H]2O)OCO4. The van der Waals surface area contributed by atoms with E-state index in [0.29, 0.717) is 52.8 Å². The Morgan fingerprint density at radius 1 is 1.10 bits per heavy atom. The lowest BCUT2D eigenvalue weighted by atomic mass is 9.80. The minimum Gasteiger partial charge on any atom is -0.493 e. The summed E-state index contributed by atoms with van der Waals surface area (Å²) < 4.78 is 27.6. The van der Waals surface area contributed by atoms with Crippen molar-refractivity contribution in [1.29, 1.82) is 0 Å². The lowest BCUT2D eigenvalue weighted by molar-refractivity contribution is 0.0199. The number of carbonyl (C=O) groups is 1. The fraction of sp³-hybridized carbons (Fsp3) is 0.381. The topological polar surface area (TPSA) is 86.7 Å². The second-order valence-corrected chi connectivity index (χ2v) is 7.12. The molecule has 0 spiro atoms. The lowest BCUT2D eigenvalue weighted by Crippen LogP contribution is -2.46. The van der Waals surface area contributed by atoms with Gasteiger partial charge >= 0.3 is 0 Å². The Kier molecular flexibility index (Phi) is 3.99. The molecular formula is C21H21NO7. The third-order valence-electron chi connectivity index (χ3n) is 5.87. The summed E-state index contributed by atoms with van der Waals surface area (Å²) in [5, 5.41) is 11.4. The van der Waals surface area contributed by atoms with E-state index in [0.717, 1.165) is 11.1 Å². The summed E-state index contributed by atoms with van der Waals surface area (Å²) in [4.78, 5) is 15.1. The van der Waals surface area contributed by atoms with Crippen LogP contribution in [0.4, 0.5) is 0 Å². The number of methoxy groups -OCH3 is 3. The number of hydrogen-bond donors (Lipinski definition) is 1. The van der Waals surface area contributed by atoms with Crippen LogP contribution in [0.5, 0.6) is 28.7 Å². The number of fused-ring (bicyclic) bond motifs is 5. The van der Waals surface area contributed by atoms with E-state index in [2.05, 4.69) is 0 Å². The van der Waals surface area contributed by atoms with Gasteiger partial charge in [-0.3, -0.25) is 4.79 Å². The van der Waals surface area contributed by atoms with Gasteiger partial charge in [0.1, 0.15) is 6.10 Å². The minimum absolute atomic E-state index is 0.115. The van der Waals surface area contributed by atoms with Gasteiger partial charge in [-0.05, 0) is 29.7 Å². The first-order valence-electron chi connectivity index (χ1n) is 9.34. The molecule has 0 fully saturated rings. The smallest absolute Gasteiger partial charge is 0.258 e. The van der Waals surface area contributed by atoms with Gasteiger partial charge in [-0.2, -0.15) is 0 Å². The van der Waals surface area contributed by atoms with Crippen LogP contribution >= 0.6 is 0 Å². The van der Waals surface area contributed by atoms with Crippen LogP contribution in [-0.4, -0.2) is 50.6 Å². The summed E-state index contributed by atoms with van der Waals surface area (Å²) in [7, 11) is 4.55. The normalized spacial score (nSPS) is 21.2. The minimum atomic E-state index is -0.962. The van der Waals surface area contributed by atoms with E-state index < -0.39 is 12.1 Å². The van der Waals surface area contributed by atoms with Gasteiger partial charge < -0.3 is 33.7 Å². The molecule has 152 valence electrons. The number of ether oxygens (including phenoxy) is 5. The molecule has 8 heteroatoms. The highest BCUT2D eigenvalue weighted by Crippen LogP contribution is 2.55. The molecule has 3 aliphatic rings. The number of aliphatic hydroxyl groups is 1. The number of nitrogens with zero attached hydrogens (tertiary/aromatic N) is 1. The van der Waals surface area contributed by atoms with Gasteiger partial charge in [0.2, 0.25) is 12.5 Å². The van der Waals surface area contributed by atoms with Crippen molar-refractivity contribution in [3.63, 3.8) is 0 Å². The molecule has 2 atom stereocenters. The van der Waals surface area contributed by atoms with E-state index in [1.54, 1.807) is 24.1 Å². The van der Waals surface area contributed by atoms with Crippen molar-refractivity contribution in [3.8, 4) is 28.7 Å². The van der Waals surface area contributed by atoms with Crippen LogP contribution in [0.1, 0.15) is 39.2 Å². The maximum atomic E-state index is 13.5. The molecule has 2 aromatic carbocycles. The van der Waals surface area contributed by atoms with Crippen molar-refractivity contribution < 1.29 is 33.6 Å². The summed E-state index contributed by atoms with van der Waals surface area (Å²) in [5.74, 6) is 2.19. The fourth-order valence-corrected chi connectivity index (χ4v) is 4.63. The molecule has 0 aliphatic carbocycles. The maximum absolute atomic E-state index is 13.5. The molecule has 0 unspecified atom stereocenters. The van der Waals surface area contributed by atoms with E-state index in [-0.39, 0.29) is 12.7 Å². The summed E-state index contributed by atoms with van der Waals surface area (Å²) >= 11 is 0. The van der Waals surface area contributed by atoms with Gasteiger partial charge in [-0.25, -0.2) is 0 Å². The molecule has 1 amide bonds. The molecule has 5 rings (SSSR count). The van der Waals surface area contributed by atoms with Crippen LogP contribution in [-0.2, 0) is 6.42 Å². The fourth-order valence-electron chi connectivity index (χ4n) is 4.63. The third-order valence-corrected chi connectivity index (χ3v) is 5.87. The van der Waals surface area contributed by atoms with Crippen LogP contribution in [0.15, 0.2) is 18.2 Å². The molecule has 1 N–H and O–H groups in total. The summed E-state index contributed by atoms with van der Waals surface area (Å²) in [6.07, 6.45) is -0.352. The van der Waals surface area contributed by atoms with Crippen molar-refractivity contribution >= 4 is 5.91 Å². The Labute approximate surface area is 167 Å². The van der Waals surface area contributed by atoms with Crippen LogP contribution in [0, 0.1) is 0 Å². The first-order chi connectivity index (χ1) is 14.1. The number of aliphatic hydroxyl groups excluding tert-OH is 1. The Morgan fingerprint density at radius 2 is 1.90 bits per heavy atom. The van der Waals surface area contributed by atoms with E-state index >= 15 is 0 Å². The molecule has 0 saturated carbocycles. The number of rotatable bonds is 3. The monoisotopic (exact) mass is 399 g/mol. The van der Waals surface area contributed by atoms with Crippen LogP contribution in [0.2, 0.25) is 0 Å². The summed E-state index contributed by atoms with van der Waals surface area (Å²) in [6, 6.07) is 4.73. The van der Waals surface area contributed by atoms with Crippen LogP contribution in [0.3, 0.4) is 0 Å². The van der Waals surface area contributed by atoms with Crippen molar-refractivity contribution in [2.24, 2.45) is 0 Å². The molecule has 29 heavy (non-hydrogen) atoms. The van der Waals surface area contributed by atoms with E-state index in [4.69, 9.17) is 23.7 Å². The average molecular weight is 399 g/mol. The van der Waals surface area contributed by atoms with Gasteiger partial charge in [-0.1, -0.05) is 6.07 Å². The molecule has 3 heterocycles. The molecule has 0 radical (unpaired) electrons. The van der Waals surface area contributed by atoms with Crippen LogP contribution < -0.4 is 23.7 Å². The average Bonchev–Trinajstić information content (AvgIpc) is 3.22. The largest absolute Gasteiger partial charge is 0.493 e. The zero-order valence-corrected chi connectivity index (χ0v) is 16.4. The lowest BCUT2D eigenvalue weighted by Gasteiger charge is -2.44. The van der Waals surface area contributed by atoms with Gasteiger partial charge in [0, 0.05) is 12.1 Å². The van der Waals surface area contributed by atoms with Gasteiger partial charge in [0.15, 0.2) is 23.0 Å². The Bertz CT molecular complexity index is 1020. The van der Waals surface area contributed by atoms with Crippen molar-refractivity contribution in [2.45, 2.75) is 18.6 Å². The summed E-state index contributed by atoms with van der Waals surface area (Å²) in [6.45, 7) is 0.570. The highest BCUT2D eigenvalue weighted by Gasteiger charge is 2.47. The number of carbonyl (C=O) groups excluding carboxylic acids is 1. The summed E-state index contributed by atoms with van der Waals surface area (Å²) in [5.41, 5.74) is 2.56. The van der Waals surface area contributed by atoms with Gasteiger partial charge in [0.25, 0.3) is 5.91 Å². The Balaban J connectivity index is 1.72. The quantitative estimate of drug-likeness (QED) is 0.847. The Hall–Kier alpha value is -3.13. The van der Waals surface area contributed by atoms with E-state index in [1.165, 1.54) is 14.2 Å². The highest BCUT2D eigenvalue weighted by atomic mass is 16.7. The molecule has 0 aromatic heterocycles. The first kappa shape index (κ1) is 17.9. The zero-order chi connectivity index (χ0) is 20.3.